The summed E-state index contributed by atoms with van der Waals surface area (Å²) >= 11 is 1.36. The van der Waals surface area contributed by atoms with Crippen LogP contribution in [0.2, 0.25) is 0 Å². The monoisotopic (exact) mass is 316 g/mol. The molecule has 0 saturated carbocycles. The van der Waals surface area contributed by atoms with E-state index in [1.807, 2.05) is 35.1 Å². The molecule has 0 radical (unpaired) electrons. The Labute approximate surface area is 131 Å². The number of anilines is 1. The molecule has 0 aliphatic carbocycles. The largest absolute Gasteiger partial charge is 0.396 e. The molecule has 6 nitrogen and oxygen atoms in total. The number of thiazole rings is 1. The van der Waals surface area contributed by atoms with Gasteiger partial charge in [0.2, 0.25) is 5.91 Å². The summed E-state index contributed by atoms with van der Waals surface area (Å²) in [4.78, 5) is 20.7. The third-order valence-electron chi connectivity index (χ3n) is 3.26. The minimum Gasteiger partial charge on any atom is -0.396 e. The number of rotatable bonds is 5. The van der Waals surface area contributed by atoms with Gasteiger partial charge in [-0.15, -0.1) is 11.3 Å². The van der Waals surface area contributed by atoms with E-state index in [0.717, 1.165) is 22.3 Å². The smallest absolute Gasteiger partial charge is 0.246 e. The first-order chi connectivity index (χ1) is 10.7. The number of hydrogen-bond acceptors (Lipinski definition) is 5. The van der Waals surface area contributed by atoms with Crippen molar-refractivity contribution in [3.8, 4) is 0 Å². The van der Waals surface area contributed by atoms with Crippen molar-refractivity contribution in [2.75, 3.05) is 11.9 Å². The zero-order chi connectivity index (χ0) is 15.5. The van der Waals surface area contributed by atoms with Gasteiger partial charge in [-0.05, 0) is 24.6 Å². The van der Waals surface area contributed by atoms with Crippen molar-refractivity contribution >= 4 is 33.4 Å². The predicted molar refractivity (Wildman–Crippen MR) is 86.0 cm³/mol. The van der Waals surface area contributed by atoms with Crippen molar-refractivity contribution in [3.63, 3.8) is 0 Å². The summed E-state index contributed by atoms with van der Waals surface area (Å²) in [7, 11) is 0. The lowest BCUT2D eigenvalue weighted by Crippen LogP contribution is -2.18. The molecule has 114 valence electrons. The highest BCUT2D eigenvalue weighted by atomic mass is 32.1. The molecule has 2 heterocycles. The molecule has 0 saturated heterocycles. The quantitative estimate of drug-likeness (QED) is 0.754. The lowest BCUT2D eigenvalue weighted by molar-refractivity contribution is -0.116. The van der Waals surface area contributed by atoms with Crippen molar-refractivity contribution < 1.29 is 9.90 Å². The summed E-state index contributed by atoms with van der Waals surface area (Å²) in [6.45, 7) is 2.25. The fourth-order valence-electron chi connectivity index (χ4n) is 2.20. The standard InChI is InChI=1S/C15H16N4O2S/c1-10-2-3-12-13(6-10)19(9-16-12)7-14(21)18-15-17-11(4-5-20)8-22-15/h2-3,6,8-9,20H,4-5,7H2,1H3,(H,17,18,21). The molecular weight excluding hydrogens is 300 g/mol. The summed E-state index contributed by atoms with van der Waals surface area (Å²) in [6, 6.07) is 5.96. The normalized spacial score (nSPS) is 11.0. The van der Waals surface area contributed by atoms with Gasteiger partial charge in [-0.3, -0.25) is 4.79 Å². The fraction of sp³-hybridized carbons (Fsp3) is 0.267. The minimum absolute atomic E-state index is 0.0531. The molecule has 0 spiro atoms. The summed E-state index contributed by atoms with van der Waals surface area (Å²) in [5.41, 5.74) is 3.72. The number of aromatic nitrogens is 3. The molecule has 1 aromatic carbocycles. The Morgan fingerprint density at radius 2 is 2.32 bits per heavy atom. The van der Waals surface area contributed by atoms with Crippen LogP contribution < -0.4 is 5.32 Å². The maximum atomic E-state index is 12.1. The molecule has 0 bridgehead atoms. The molecule has 22 heavy (non-hydrogen) atoms. The zero-order valence-corrected chi connectivity index (χ0v) is 12.9. The van der Waals surface area contributed by atoms with Crippen LogP contribution in [0.5, 0.6) is 0 Å². The summed E-state index contributed by atoms with van der Waals surface area (Å²) < 4.78 is 1.82. The third kappa shape index (κ3) is 3.15. The van der Waals surface area contributed by atoms with Crippen molar-refractivity contribution in [2.24, 2.45) is 0 Å². The number of carbonyl (C=O) groups excluding carboxylic acids is 1. The van der Waals surface area contributed by atoms with Gasteiger partial charge in [0.25, 0.3) is 0 Å². The van der Waals surface area contributed by atoms with E-state index < -0.39 is 0 Å². The second kappa shape index (κ2) is 6.25. The highest BCUT2D eigenvalue weighted by molar-refractivity contribution is 7.13. The lowest BCUT2D eigenvalue weighted by Gasteiger charge is -2.04. The number of nitrogens with one attached hydrogen (secondary N) is 1. The van der Waals surface area contributed by atoms with Crippen molar-refractivity contribution in [1.29, 1.82) is 0 Å². The van der Waals surface area contributed by atoms with Crippen molar-refractivity contribution in [1.82, 2.24) is 14.5 Å². The molecule has 1 amide bonds. The molecule has 0 fully saturated rings. The van der Waals surface area contributed by atoms with E-state index in [-0.39, 0.29) is 19.1 Å². The number of fused-ring (bicyclic) bond motifs is 1. The number of imidazole rings is 1. The molecule has 7 heteroatoms. The summed E-state index contributed by atoms with van der Waals surface area (Å²) in [6.07, 6.45) is 2.17. The second-order valence-electron chi connectivity index (χ2n) is 5.03. The van der Waals surface area contributed by atoms with Crippen LogP contribution >= 0.6 is 11.3 Å². The Hall–Kier alpha value is -2.25. The van der Waals surface area contributed by atoms with E-state index in [9.17, 15) is 4.79 Å². The van der Waals surface area contributed by atoms with Gasteiger partial charge < -0.3 is 15.0 Å². The van der Waals surface area contributed by atoms with Crippen molar-refractivity contribution in [2.45, 2.75) is 19.9 Å². The van der Waals surface area contributed by atoms with E-state index in [1.54, 1.807) is 6.33 Å². The Balaban J connectivity index is 1.71. The van der Waals surface area contributed by atoms with Gasteiger partial charge in [0.05, 0.1) is 23.1 Å². The van der Waals surface area contributed by atoms with E-state index in [1.165, 1.54) is 11.3 Å². The molecule has 0 aliphatic rings. The average molecular weight is 316 g/mol. The van der Waals surface area contributed by atoms with E-state index in [2.05, 4.69) is 15.3 Å². The summed E-state index contributed by atoms with van der Waals surface area (Å²) in [5, 5.41) is 14.0. The van der Waals surface area contributed by atoms with E-state index in [0.29, 0.717) is 11.6 Å². The molecule has 0 unspecified atom stereocenters. The predicted octanol–water partition coefficient (Wildman–Crippen LogP) is 1.97. The third-order valence-corrected chi connectivity index (χ3v) is 4.06. The van der Waals surface area contributed by atoms with Crippen LogP contribution in [-0.4, -0.2) is 32.2 Å². The first-order valence-corrected chi connectivity index (χ1v) is 7.80. The topological polar surface area (TPSA) is 80.0 Å². The molecular formula is C15H16N4O2S. The Morgan fingerprint density at radius 3 is 3.14 bits per heavy atom. The van der Waals surface area contributed by atoms with Gasteiger partial charge in [-0.25, -0.2) is 9.97 Å². The van der Waals surface area contributed by atoms with Crippen LogP contribution in [0.25, 0.3) is 11.0 Å². The van der Waals surface area contributed by atoms with Gasteiger partial charge in [0.15, 0.2) is 5.13 Å². The maximum Gasteiger partial charge on any atom is 0.246 e. The lowest BCUT2D eigenvalue weighted by atomic mass is 10.2. The zero-order valence-electron chi connectivity index (χ0n) is 12.1. The van der Waals surface area contributed by atoms with Gasteiger partial charge in [0, 0.05) is 18.4 Å². The van der Waals surface area contributed by atoms with Crippen LogP contribution in [0.3, 0.4) is 0 Å². The van der Waals surface area contributed by atoms with Crippen LogP contribution in [-0.2, 0) is 17.8 Å². The SMILES string of the molecule is Cc1ccc2ncn(CC(=O)Nc3nc(CCO)cs3)c2c1. The summed E-state index contributed by atoms with van der Waals surface area (Å²) in [5.74, 6) is -0.147. The minimum atomic E-state index is -0.147. The molecule has 2 aromatic heterocycles. The molecule has 0 atom stereocenters. The average Bonchev–Trinajstić information content (AvgIpc) is 3.07. The van der Waals surface area contributed by atoms with Crippen LogP contribution in [0.15, 0.2) is 29.9 Å². The number of carbonyl (C=O) groups is 1. The highest BCUT2D eigenvalue weighted by Gasteiger charge is 2.10. The number of aliphatic hydroxyl groups excluding tert-OH is 1. The van der Waals surface area contributed by atoms with E-state index >= 15 is 0 Å². The number of aryl methyl sites for hydroxylation is 1. The number of aliphatic hydroxyl groups is 1. The van der Waals surface area contributed by atoms with E-state index in [4.69, 9.17) is 5.11 Å². The second-order valence-corrected chi connectivity index (χ2v) is 5.89. The van der Waals surface area contributed by atoms with Crippen LogP contribution in [0.1, 0.15) is 11.3 Å². The molecule has 0 aliphatic heterocycles. The number of amides is 1. The van der Waals surface area contributed by atoms with Crippen molar-refractivity contribution in [3.05, 3.63) is 41.2 Å². The molecule has 3 aromatic rings. The molecule has 2 N–H and O–H groups in total. The van der Waals surface area contributed by atoms with Crippen LogP contribution in [0.4, 0.5) is 5.13 Å². The Kier molecular flexibility index (Phi) is 4.17. The Morgan fingerprint density at radius 1 is 1.45 bits per heavy atom. The van der Waals surface area contributed by atoms with Crippen LogP contribution in [0, 0.1) is 6.92 Å². The van der Waals surface area contributed by atoms with Gasteiger partial charge in [-0.1, -0.05) is 6.07 Å². The maximum absolute atomic E-state index is 12.1. The first kappa shape index (κ1) is 14.7. The number of nitrogens with zero attached hydrogens (tertiary/aromatic N) is 3. The first-order valence-electron chi connectivity index (χ1n) is 6.92. The molecule has 3 rings (SSSR count). The van der Waals surface area contributed by atoms with Gasteiger partial charge in [-0.2, -0.15) is 0 Å². The van der Waals surface area contributed by atoms with Gasteiger partial charge >= 0.3 is 0 Å². The number of hydrogen-bond donors (Lipinski definition) is 2. The number of benzene rings is 1. The Bertz CT molecular complexity index is 809. The van der Waals surface area contributed by atoms with Gasteiger partial charge in [0.1, 0.15) is 6.54 Å². The fourth-order valence-corrected chi connectivity index (χ4v) is 2.96. The highest BCUT2D eigenvalue weighted by Crippen LogP contribution is 2.17.